The Labute approximate surface area is 752 Å². The van der Waals surface area contributed by atoms with Crippen LogP contribution in [0.3, 0.4) is 0 Å². The largest absolute Gasteiger partial charge is 0.369 e. The molecule has 0 aromatic rings. The van der Waals surface area contributed by atoms with E-state index in [2.05, 4.69) is 265 Å². The third-order valence-electron chi connectivity index (χ3n) is 32.2. The summed E-state index contributed by atoms with van der Waals surface area (Å²) in [6.45, 7) is 93.6. The Bertz CT molecular complexity index is 3220. The van der Waals surface area contributed by atoms with Crippen molar-refractivity contribution in [3.63, 3.8) is 0 Å². The van der Waals surface area contributed by atoms with Gasteiger partial charge in [-0.25, -0.2) is 0 Å². The molecule has 4 amide bonds. The molecule has 0 N–H and O–H groups in total. The molecule has 7 atom stereocenters. The van der Waals surface area contributed by atoms with Crippen LogP contribution < -0.4 is 0 Å². The van der Waals surface area contributed by atoms with Crippen LogP contribution in [-0.2, 0) is 38.1 Å². The Morgan fingerprint density at radius 2 is 0.756 bits per heavy atom. The Morgan fingerprint density at radius 3 is 1.15 bits per heavy atom. The summed E-state index contributed by atoms with van der Waals surface area (Å²) in [5.74, 6) is 3.00. The summed E-state index contributed by atoms with van der Waals surface area (Å²) in [7, 11) is 2.34. The fourth-order valence-corrected chi connectivity index (χ4v) is 22.5. The molecular weight excluding hydrogens is 1540 g/mol. The number of hydrogen-bond donors (Lipinski definition) is 0. The molecule has 0 aromatic heterocycles. The van der Waals surface area contributed by atoms with Gasteiger partial charge in [-0.05, 0) is 320 Å². The molecule has 0 aliphatic carbocycles. The zero-order chi connectivity index (χ0) is 91.4. The molecule has 0 bridgehead atoms. The fourth-order valence-electron chi connectivity index (χ4n) is 22.5. The molecule has 0 saturated carbocycles. The van der Waals surface area contributed by atoms with E-state index in [1.807, 2.05) is 32.6 Å². The molecule has 8 spiro atoms. The van der Waals surface area contributed by atoms with Crippen molar-refractivity contribution >= 4 is 30.0 Å². The number of carbonyl (C=O) groups is 4. The van der Waals surface area contributed by atoms with Gasteiger partial charge in [0, 0.05) is 182 Å². The van der Waals surface area contributed by atoms with Gasteiger partial charge in [-0.3, -0.25) is 68.3 Å². The molecule has 16 aliphatic heterocycles. The Balaban J connectivity index is 0.000000160. The lowest BCUT2D eigenvalue weighted by atomic mass is 9.78. The number of nitrogens with zero attached hydrogens (tertiary/aromatic N) is 15. The highest BCUT2D eigenvalue weighted by Gasteiger charge is 2.58. The van der Waals surface area contributed by atoms with Crippen molar-refractivity contribution in [1.82, 2.24) is 68.6 Å². The molecule has 23 heteroatoms. The van der Waals surface area contributed by atoms with Crippen LogP contribution >= 0.6 is 0 Å². The minimum absolute atomic E-state index is 0.0332. The first-order valence-electron chi connectivity index (χ1n) is 50.2. The number of ether oxygens (including phenoxy) is 4. The maximum atomic E-state index is 12.7. The number of aliphatic imine (C=N–C) groups is 1. The van der Waals surface area contributed by atoms with Gasteiger partial charge in [0.15, 0.2) is 16.9 Å². The van der Waals surface area contributed by atoms with Crippen molar-refractivity contribution in [2.45, 2.75) is 430 Å². The van der Waals surface area contributed by atoms with Gasteiger partial charge in [-0.2, -0.15) is 0 Å². The third kappa shape index (κ3) is 24.1. The van der Waals surface area contributed by atoms with Crippen LogP contribution in [0.1, 0.15) is 305 Å². The summed E-state index contributed by atoms with van der Waals surface area (Å²) in [5.41, 5.74) is 0.358. The first-order chi connectivity index (χ1) is 57.4. The first kappa shape index (κ1) is 104. The molecule has 16 aliphatic rings. The van der Waals surface area contributed by atoms with E-state index in [9.17, 15) is 19.2 Å². The van der Waals surface area contributed by atoms with Crippen molar-refractivity contribution in [3.8, 4) is 0 Å². The molecule has 0 aromatic carbocycles. The van der Waals surface area contributed by atoms with Crippen LogP contribution in [-0.4, -0.2) is 375 Å². The van der Waals surface area contributed by atoms with E-state index in [0.29, 0.717) is 102 Å². The topological polar surface area (TPSA) is 163 Å². The van der Waals surface area contributed by atoms with E-state index in [0.717, 1.165) is 167 Å². The van der Waals surface area contributed by atoms with Gasteiger partial charge in [-0.1, -0.05) is 41.5 Å². The summed E-state index contributed by atoms with van der Waals surface area (Å²) in [6.07, 6.45) is 17.9. The fraction of sp³-hybridized carbons (Fsp3) is 0.950. The van der Waals surface area contributed by atoms with Crippen molar-refractivity contribution in [1.29, 1.82) is 0 Å². The standard InChI is InChI=1S/C14H26N2O.C13H24N2O.2C13H26N2.C12H21N3O.C12H22N2O2.C12H23NO.C11H21NO2/c1-11(2)15-9-7-14(10-15)6-5-8-16(12(3)4)13(14)17;1-10(2)14-7-5-13(9-14)6-8-15(11(3)4)12(13)16;1-10(2)12-6-7-13(14(12)5)8-15(9-13)11(3)4;1-11(2)14-7-5-13(9-14)6-8-15(10-13)12(3)4;1-9(2)14-6-5-12(7-14)11(16)15(8-13-12)10(3)4;1-9(2)13-6-5-12(7-13)11(15)14(8-16-12)10(3)4;1-9(2)11-5-6-12(14-11)7-13(8-12)10(3)4;1-8(2)10-5-13-11(14-10)6-12(7-11)9(3)4/h11-12H,5-10H2,1-4H3;10-11H,5-9H2,1-4H3;10-12H,6-9H2,1-5H3;11-12H,5-10H2,1-4H3;8-10H,5-7H2,1-4H3;9-10H,5-8H2,1-4H3;9-11H,5-8H2,1-4H3;8-10H,5-7H2,1-4H3. The number of likely N-dealkylation sites (tertiary alicyclic amines) is 12. The normalized spacial score (nSPS) is 31.0. The lowest BCUT2D eigenvalue weighted by molar-refractivity contribution is -0.254. The predicted molar refractivity (Wildman–Crippen MR) is 505 cm³/mol. The van der Waals surface area contributed by atoms with Gasteiger partial charge in [0.05, 0.1) is 54.7 Å². The smallest absolute Gasteiger partial charge is 0.258 e. The van der Waals surface area contributed by atoms with Gasteiger partial charge in [0.25, 0.3) is 11.8 Å². The lowest BCUT2D eigenvalue weighted by Gasteiger charge is -2.55. The van der Waals surface area contributed by atoms with E-state index in [1.165, 1.54) is 84.2 Å². The number of rotatable bonds is 16. The second-order valence-electron chi connectivity index (χ2n) is 46.1. The average Bonchev–Trinajstić information content (AvgIpc) is 1.62. The van der Waals surface area contributed by atoms with E-state index >= 15 is 0 Å². The predicted octanol–water partition coefficient (Wildman–Crippen LogP) is 14.2. The van der Waals surface area contributed by atoms with E-state index in [4.69, 9.17) is 18.9 Å². The number of amides is 4. The zero-order valence-corrected chi connectivity index (χ0v) is 85.3. The molecule has 16 heterocycles. The highest BCUT2D eigenvalue weighted by atomic mass is 16.8. The molecule has 15 saturated heterocycles. The van der Waals surface area contributed by atoms with Gasteiger partial charge < -0.3 is 43.4 Å². The van der Waals surface area contributed by atoms with Crippen LogP contribution in [0.4, 0.5) is 0 Å². The number of carbonyl (C=O) groups excluding carboxylic acids is 4. The van der Waals surface area contributed by atoms with Crippen molar-refractivity contribution in [3.05, 3.63) is 0 Å². The van der Waals surface area contributed by atoms with Gasteiger partial charge in [0.1, 0.15) is 6.73 Å². The number of hydrogen-bond acceptors (Lipinski definition) is 19. The van der Waals surface area contributed by atoms with Gasteiger partial charge >= 0.3 is 0 Å². The minimum Gasteiger partial charge on any atom is -0.369 e. The number of piperidine rings is 1. The SMILES string of the molecule is CC(C)C1CCC2(CN(C(C)C)C2)N1C.CC(C)C1CCC2(CN(C(C)C)C2)O1.CC(C)C1COC2(CN(C(C)C)C2)O1.CC(C)N1CCC2(C1)N=CN(C(C)C)C2=O.CC(C)N1CCC2(C1)OCN(C(C)C)C2=O.CC(C)N1CCC2(CCCN(C(C)C)C2=O)C1.CC(C)N1CCC2(CCN(C(C)C)C2)C1.CC(C)N1CCC2(CCN(C(C)C)C2=O)C1. The quantitative estimate of drug-likeness (QED) is 0.143. The second-order valence-corrected chi connectivity index (χ2v) is 46.1. The van der Waals surface area contributed by atoms with Crippen LogP contribution in [0.2, 0.25) is 0 Å². The molecule has 7 unspecified atom stereocenters. The van der Waals surface area contributed by atoms with Crippen LogP contribution in [0.25, 0.3) is 0 Å². The maximum absolute atomic E-state index is 12.7. The Morgan fingerprint density at radius 1 is 0.333 bits per heavy atom. The molecule has 712 valence electrons. The monoisotopic (exact) mass is 1730 g/mol. The summed E-state index contributed by atoms with van der Waals surface area (Å²) in [5, 5.41) is 0. The molecule has 15 fully saturated rings. The zero-order valence-electron chi connectivity index (χ0n) is 85.3. The Kier molecular flexibility index (Phi) is 36.0. The maximum Gasteiger partial charge on any atom is 0.258 e. The molecule has 16 rings (SSSR count). The van der Waals surface area contributed by atoms with E-state index in [1.54, 1.807) is 11.2 Å². The van der Waals surface area contributed by atoms with Gasteiger partial charge in [0.2, 0.25) is 11.8 Å². The van der Waals surface area contributed by atoms with Crippen LogP contribution in [0.5, 0.6) is 0 Å². The second kappa shape index (κ2) is 42.7. The van der Waals surface area contributed by atoms with Crippen molar-refractivity contribution in [2.75, 3.05) is 151 Å². The van der Waals surface area contributed by atoms with E-state index in [-0.39, 0.29) is 46.1 Å². The van der Waals surface area contributed by atoms with Gasteiger partial charge in [-0.15, -0.1) is 0 Å². The van der Waals surface area contributed by atoms with Crippen molar-refractivity contribution in [2.24, 2.45) is 39.0 Å². The highest BCUT2D eigenvalue weighted by molar-refractivity contribution is 6.01. The summed E-state index contributed by atoms with van der Waals surface area (Å²) < 4.78 is 23.7. The van der Waals surface area contributed by atoms with Crippen molar-refractivity contribution < 1.29 is 38.1 Å². The lowest BCUT2D eigenvalue weighted by Crippen LogP contribution is -2.69. The highest BCUT2D eigenvalue weighted by Crippen LogP contribution is 2.48. The Hall–Kier alpha value is -3.01. The molecule has 0 radical (unpaired) electrons. The summed E-state index contributed by atoms with van der Waals surface area (Å²) in [6, 6.07) is 7.58. The number of likely N-dealkylation sites (N-methyl/N-ethyl adjacent to an activating group) is 1. The summed E-state index contributed by atoms with van der Waals surface area (Å²) >= 11 is 0. The molecular formula is C100H189N15O8. The summed E-state index contributed by atoms with van der Waals surface area (Å²) in [4.78, 5) is 87.0. The van der Waals surface area contributed by atoms with Crippen LogP contribution in [0.15, 0.2) is 4.99 Å². The first-order valence-corrected chi connectivity index (χ1v) is 50.2. The minimum atomic E-state index is -0.533. The molecule has 123 heavy (non-hydrogen) atoms. The third-order valence-corrected chi connectivity index (χ3v) is 32.2. The van der Waals surface area contributed by atoms with E-state index < -0.39 is 11.1 Å². The average molecular weight is 1730 g/mol. The van der Waals surface area contributed by atoms with Crippen LogP contribution in [0, 0.1) is 34.0 Å². The molecule has 23 nitrogen and oxygen atoms in total.